The molecule has 5 heteroatoms. The Kier molecular flexibility index (Phi) is 7.15. The highest BCUT2D eigenvalue weighted by molar-refractivity contribution is 5.87. The third-order valence-electron chi connectivity index (χ3n) is 4.53. The molecule has 0 aromatic rings. The zero-order chi connectivity index (χ0) is 16.0. The number of rotatable bonds is 7. The van der Waals surface area contributed by atoms with Crippen molar-refractivity contribution in [3.05, 3.63) is 0 Å². The van der Waals surface area contributed by atoms with E-state index in [-0.39, 0.29) is 29.8 Å². The quantitative estimate of drug-likeness (QED) is 0.748. The molecule has 122 valence electrons. The van der Waals surface area contributed by atoms with Gasteiger partial charge in [-0.1, -0.05) is 26.7 Å². The van der Waals surface area contributed by atoms with E-state index in [1.807, 2.05) is 0 Å². The summed E-state index contributed by atoms with van der Waals surface area (Å²) in [6.45, 7) is 6.29. The summed E-state index contributed by atoms with van der Waals surface area (Å²) in [5.41, 5.74) is 6.04. The number of nitrogens with one attached hydrogen (secondary N) is 1. The Bertz CT molecular complexity index is 351. The number of nitrogens with two attached hydrogens (primary N) is 1. The van der Waals surface area contributed by atoms with Crippen LogP contribution in [0.5, 0.6) is 0 Å². The molecule has 1 rings (SSSR count). The predicted molar refractivity (Wildman–Crippen MR) is 84.6 cm³/mol. The van der Waals surface area contributed by atoms with Crippen molar-refractivity contribution in [2.75, 3.05) is 13.6 Å². The average Bonchev–Trinajstić information content (AvgIpc) is 2.94. The molecule has 1 saturated carbocycles. The van der Waals surface area contributed by atoms with E-state index in [0.29, 0.717) is 12.5 Å². The smallest absolute Gasteiger partial charge is 0.245 e. The summed E-state index contributed by atoms with van der Waals surface area (Å²) >= 11 is 0. The molecule has 2 amide bonds. The van der Waals surface area contributed by atoms with Gasteiger partial charge in [-0.15, -0.1) is 0 Å². The summed E-state index contributed by atoms with van der Waals surface area (Å²) in [6, 6.07) is -0.267. The van der Waals surface area contributed by atoms with Gasteiger partial charge in [0.2, 0.25) is 11.8 Å². The Morgan fingerprint density at radius 2 is 1.86 bits per heavy atom. The fourth-order valence-electron chi connectivity index (χ4n) is 2.91. The third kappa shape index (κ3) is 5.65. The molecule has 0 aromatic heterocycles. The van der Waals surface area contributed by atoms with Crippen molar-refractivity contribution in [3.63, 3.8) is 0 Å². The van der Waals surface area contributed by atoms with Crippen molar-refractivity contribution < 1.29 is 9.59 Å². The largest absolute Gasteiger partial charge is 0.344 e. The normalized spacial score (nSPS) is 18.6. The van der Waals surface area contributed by atoms with Gasteiger partial charge in [0.1, 0.15) is 6.04 Å². The van der Waals surface area contributed by atoms with Gasteiger partial charge in [0, 0.05) is 26.6 Å². The van der Waals surface area contributed by atoms with Gasteiger partial charge in [-0.25, -0.2) is 0 Å². The molecule has 3 N–H and O–H groups in total. The molecule has 1 aliphatic carbocycles. The van der Waals surface area contributed by atoms with Gasteiger partial charge in [0.15, 0.2) is 0 Å². The molecular weight excluding hydrogens is 266 g/mol. The summed E-state index contributed by atoms with van der Waals surface area (Å²) in [7, 11) is 1.80. The minimum absolute atomic E-state index is 0.0213. The molecule has 1 aliphatic rings. The Hall–Kier alpha value is -1.10. The van der Waals surface area contributed by atoms with Crippen LogP contribution in [0.1, 0.15) is 52.9 Å². The first-order valence-electron chi connectivity index (χ1n) is 8.10. The zero-order valence-corrected chi connectivity index (χ0v) is 13.9. The average molecular weight is 297 g/mol. The van der Waals surface area contributed by atoms with Crippen molar-refractivity contribution in [1.82, 2.24) is 10.2 Å². The molecule has 0 saturated heterocycles. The first-order valence-corrected chi connectivity index (χ1v) is 8.10. The number of nitrogens with zero attached hydrogens (tertiary/aromatic N) is 1. The molecule has 0 aliphatic heterocycles. The summed E-state index contributed by atoms with van der Waals surface area (Å²) in [6.07, 6.45) is 5.13. The molecular formula is C16H31N3O2. The van der Waals surface area contributed by atoms with Crippen LogP contribution in [0.2, 0.25) is 0 Å². The monoisotopic (exact) mass is 297 g/mol. The Balaban J connectivity index is 2.59. The molecule has 0 radical (unpaired) electrons. The Morgan fingerprint density at radius 1 is 1.29 bits per heavy atom. The second-order valence-electron chi connectivity index (χ2n) is 6.68. The minimum Gasteiger partial charge on any atom is -0.344 e. The summed E-state index contributed by atoms with van der Waals surface area (Å²) in [5.74, 6) is 0.581. The molecule has 0 heterocycles. The number of carbonyl (C=O) groups excluding carboxylic acids is 2. The van der Waals surface area contributed by atoms with Gasteiger partial charge in [0.25, 0.3) is 0 Å². The lowest BCUT2D eigenvalue weighted by Gasteiger charge is -2.29. The number of amides is 2. The molecule has 0 bridgehead atoms. The highest BCUT2D eigenvalue weighted by Gasteiger charge is 2.33. The van der Waals surface area contributed by atoms with E-state index in [2.05, 4.69) is 19.2 Å². The molecule has 0 spiro atoms. The van der Waals surface area contributed by atoms with Gasteiger partial charge in [-0.3, -0.25) is 9.59 Å². The summed E-state index contributed by atoms with van der Waals surface area (Å²) in [4.78, 5) is 25.7. The van der Waals surface area contributed by atoms with E-state index in [1.54, 1.807) is 11.9 Å². The first kappa shape index (κ1) is 18.0. The number of hydrogen-bond acceptors (Lipinski definition) is 3. The van der Waals surface area contributed by atoms with Crippen molar-refractivity contribution in [3.8, 4) is 0 Å². The second kappa shape index (κ2) is 8.37. The summed E-state index contributed by atoms with van der Waals surface area (Å²) in [5, 5.41) is 2.85. The Morgan fingerprint density at radius 3 is 2.33 bits per heavy atom. The van der Waals surface area contributed by atoms with Gasteiger partial charge in [-0.2, -0.15) is 0 Å². The van der Waals surface area contributed by atoms with Gasteiger partial charge < -0.3 is 16.0 Å². The van der Waals surface area contributed by atoms with E-state index in [4.69, 9.17) is 5.73 Å². The van der Waals surface area contributed by atoms with Crippen molar-refractivity contribution in [2.24, 2.45) is 17.6 Å². The van der Waals surface area contributed by atoms with E-state index >= 15 is 0 Å². The van der Waals surface area contributed by atoms with Crippen LogP contribution < -0.4 is 11.1 Å². The van der Waals surface area contributed by atoms with E-state index in [0.717, 1.165) is 32.1 Å². The van der Waals surface area contributed by atoms with Gasteiger partial charge in [0.05, 0.1) is 0 Å². The van der Waals surface area contributed by atoms with Crippen LogP contribution in [0.3, 0.4) is 0 Å². The fraction of sp³-hybridized carbons (Fsp3) is 0.875. The molecule has 1 fully saturated rings. The number of likely N-dealkylation sites (N-methyl/N-ethyl adjacent to an activating group) is 1. The lowest BCUT2D eigenvalue weighted by atomic mass is 9.96. The van der Waals surface area contributed by atoms with Gasteiger partial charge >= 0.3 is 0 Å². The maximum absolute atomic E-state index is 12.6. The van der Waals surface area contributed by atoms with Crippen LogP contribution in [-0.4, -0.2) is 42.4 Å². The number of hydrogen-bond donors (Lipinski definition) is 2. The fourth-order valence-corrected chi connectivity index (χ4v) is 2.91. The lowest BCUT2D eigenvalue weighted by Crippen LogP contribution is -2.51. The molecule has 2 atom stereocenters. The van der Waals surface area contributed by atoms with Crippen molar-refractivity contribution in [1.29, 1.82) is 0 Å². The van der Waals surface area contributed by atoms with Crippen LogP contribution in [0, 0.1) is 11.8 Å². The minimum atomic E-state index is -0.370. The van der Waals surface area contributed by atoms with Crippen LogP contribution in [0.25, 0.3) is 0 Å². The molecule has 21 heavy (non-hydrogen) atoms. The van der Waals surface area contributed by atoms with E-state index < -0.39 is 0 Å². The highest BCUT2D eigenvalue weighted by Crippen LogP contribution is 2.28. The standard InChI is InChI=1S/C16H31N3O2/c1-11(2)14(17)9-10-19(4)16(21)15(18-12(3)20)13-7-5-6-8-13/h11,13-15H,5-10,17H2,1-4H3,(H,18,20). The van der Waals surface area contributed by atoms with E-state index in [9.17, 15) is 9.59 Å². The Labute approximate surface area is 128 Å². The first-order chi connectivity index (χ1) is 9.82. The van der Waals surface area contributed by atoms with Crippen molar-refractivity contribution in [2.45, 2.75) is 65.0 Å². The summed E-state index contributed by atoms with van der Waals surface area (Å²) < 4.78 is 0. The second-order valence-corrected chi connectivity index (χ2v) is 6.68. The van der Waals surface area contributed by atoms with E-state index in [1.165, 1.54) is 6.92 Å². The molecule has 0 aromatic carbocycles. The molecule has 2 unspecified atom stereocenters. The SMILES string of the molecule is CC(=O)NC(C(=O)N(C)CCC(N)C(C)C)C1CCCC1. The van der Waals surface area contributed by atoms with Gasteiger partial charge in [-0.05, 0) is 31.1 Å². The molecule has 5 nitrogen and oxygen atoms in total. The number of carbonyl (C=O) groups is 2. The van der Waals surface area contributed by atoms with Crippen LogP contribution in [0.15, 0.2) is 0 Å². The third-order valence-corrected chi connectivity index (χ3v) is 4.53. The van der Waals surface area contributed by atoms with Crippen LogP contribution in [-0.2, 0) is 9.59 Å². The topological polar surface area (TPSA) is 75.4 Å². The van der Waals surface area contributed by atoms with Crippen molar-refractivity contribution >= 4 is 11.8 Å². The maximum atomic E-state index is 12.6. The predicted octanol–water partition coefficient (Wildman–Crippen LogP) is 1.51. The van der Waals surface area contributed by atoms with Crippen LogP contribution in [0.4, 0.5) is 0 Å². The van der Waals surface area contributed by atoms with Crippen LogP contribution >= 0.6 is 0 Å². The lowest BCUT2D eigenvalue weighted by molar-refractivity contribution is -0.136. The maximum Gasteiger partial charge on any atom is 0.245 e. The highest BCUT2D eigenvalue weighted by atomic mass is 16.2. The zero-order valence-electron chi connectivity index (χ0n) is 13.9.